The van der Waals surface area contributed by atoms with Crippen molar-refractivity contribution in [3.8, 4) is 10.6 Å². The molecule has 0 fully saturated rings. The van der Waals surface area contributed by atoms with Crippen LogP contribution in [0, 0.1) is 0 Å². The van der Waals surface area contributed by atoms with E-state index in [1.165, 1.54) is 22.7 Å². The van der Waals surface area contributed by atoms with Gasteiger partial charge in [0, 0.05) is 23.8 Å². The monoisotopic (exact) mass is 354 g/mol. The first-order chi connectivity index (χ1) is 10.5. The van der Waals surface area contributed by atoms with Gasteiger partial charge in [-0.05, 0) is 25.3 Å². The molecule has 116 valence electrons. The number of anilines is 1. The van der Waals surface area contributed by atoms with E-state index in [1.807, 2.05) is 31.4 Å². The lowest BCUT2D eigenvalue weighted by Crippen LogP contribution is -2.13. The molecule has 3 aromatic heterocycles. The molecule has 0 unspecified atom stereocenters. The summed E-state index contributed by atoms with van der Waals surface area (Å²) in [6, 6.07) is 3.81. The van der Waals surface area contributed by atoms with E-state index in [4.69, 9.17) is 0 Å². The van der Waals surface area contributed by atoms with Crippen LogP contribution in [0.5, 0.6) is 0 Å². The standard InChI is InChI=1S/C13H14N4O2S3/c1-9(2)17-8-11(12(15-17)10-4-3-6-20-10)22(18,19)16-13-14-5-7-21-13/h3-9H,1-2H3,(H,14,16). The maximum absolute atomic E-state index is 12.7. The van der Waals surface area contributed by atoms with E-state index in [9.17, 15) is 8.42 Å². The number of nitrogens with one attached hydrogen (secondary N) is 1. The predicted octanol–water partition coefficient (Wildman–Crippen LogP) is 3.45. The van der Waals surface area contributed by atoms with Crippen molar-refractivity contribution >= 4 is 37.8 Å². The Kier molecular flexibility index (Phi) is 4.02. The Morgan fingerprint density at radius 3 is 2.68 bits per heavy atom. The highest BCUT2D eigenvalue weighted by Crippen LogP contribution is 2.31. The highest BCUT2D eigenvalue weighted by atomic mass is 32.2. The van der Waals surface area contributed by atoms with Crippen molar-refractivity contribution < 1.29 is 8.42 Å². The van der Waals surface area contributed by atoms with Gasteiger partial charge in [-0.15, -0.1) is 22.7 Å². The van der Waals surface area contributed by atoms with E-state index in [1.54, 1.807) is 22.5 Å². The minimum absolute atomic E-state index is 0.0718. The first-order valence-corrected chi connectivity index (χ1v) is 9.77. The number of aromatic nitrogens is 3. The van der Waals surface area contributed by atoms with Gasteiger partial charge in [0.15, 0.2) is 5.13 Å². The number of sulfonamides is 1. The van der Waals surface area contributed by atoms with Gasteiger partial charge in [-0.25, -0.2) is 13.4 Å². The molecule has 0 aromatic carbocycles. The molecule has 0 saturated heterocycles. The lowest BCUT2D eigenvalue weighted by Gasteiger charge is -2.04. The van der Waals surface area contributed by atoms with Crippen molar-refractivity contribution in [2.45, 2.75) is 24.8 Å². The van der Waals surface area contributed by atoms with Gasteiger partial charge in [0.2, 0.25) is 0 Å². The fourth-order valence-corrected chi connectivity index (χ4v) is 4.59. The first kappa shape index (κ1) is 15.2. The summed E-state index contributed by atoms with van der Waals surface area (Å²) in [5.74, 6) is 0. The summed E-state index contributed by atoms with van der Waals surface area (Å²) in [7, 11) is -3.73. The normalized spacial score (nSPS) is 12.0. The molecule has 6 nitrogen and oxygen atoms in total. The molecule has 0 bridgehead atoms. The Morgan fingerprint density at radius 2 is 2.09 bits per heavy atom. The van der Waals surface area contributed by atoms with Gasteiger partial charge >= 0.3 is 0 Å². The zero-order chi connectivity index (χ0) is 15.7. The van der Waals surface area contributed by atoms with E-state index >= 15 is 0 Å². The molecule has 0 spiro atoms. The van der Waals surface area contributed by atoms with Gasteiger partial charge in [0.25, 0.3) is 10.0 Å². The van der Waals surface area contributed by atoms with E-state index < -0.39 is 10.0 Å². The molecule has 3 rings (SSSR count). The Hall–Kier alpha value is -1.71. The van der Waals surface area contributed by atoms with Crippen molar-refractivity contribution in [2.24, 2.45) is 0 Å². The van der Waals surface area contributed by atoms with Gasteiger partial charge in [-0.3, -0.25) is 9.40 Å². The summed E-state index contributed by atoms with van der Waals surface area (Å²) in [4.78, 5) is 4.95. The molecule has 3 heterocycles. The Morgan fingerprint density at radius 1 is 1.27 bits per heavy atom. The summed E-state index contributed by atoms with van der Waals surface area (Å²) in [5, 5.41) is 8.40. The maximum Gasteiger partial charge on any atom is 0.267 e. The van der Waals surface area contributed by atoms with Crippen LogP contribution in [0.2, 0.25) is 0 Å². The number of hydrogen-bond acceptors (Lipinski definition) is 6. The van der Waals surface area contributed by atoms with Crippen molar-refractivity contribution in [2.75, 3.05) is 4.72 Å². The van der Waals surface area contributed by atoms with E-state index in [-0.39, 0.29) is 10.9 Å². The molecule has 0 aliphatic carbocycles. The quantitative estimate of drug-likeness (QED) is 0.761. The summed E-state index contributed by atoms with van der Waals surface area (Å²) in [6.45, 7) is 3.91. The second kappa shape index (κ2) is 5.82. The van der Waals surface area contributed by atoms with Gasteiger partial charge in [-0.2, -0.15) is 5.10 Å². The Bertz CT molecular complexity index is 849. The van der Waals surface area contributed by atoms with Crippen LogP contribution in [0.15, 0.2) is 40.2 Å². The van der Waals surface area contributed by atoms with Crippen LogP contribution in [-0.2, 0) is 10.0 Å². The zero-order valence-electron chi connectivity index (χ0n) is 11.9. The second-order valence-corrected chi connectivity index (χ2v) is 8.33. The van der Waals surface area contributed by atoms with Crippen molar-refractivity contribution in [3.63, 3.8) is 0 Å². The molecule has 0 aliphatic rings. The molecule has 1 N–H and O–H groups in total. The highest BCUT2D eigenvalue weighted by molar-refractivity contribution is 7.93. The number of thiophene rings is 1. The molecular formula is C13H14N4O2S3. The fraction of sp³-hybridized carbons (Fsp3) is 0.231. The van der Waals surface area contributed by atoms with Gasteiger partial charge < -0.3 is 0 Å². The third-order valence-corrected chi connectivity index (χ3v) is 5.96. The summed E-state index contributed by atoms with van der Waals surface area (Å²) in [6.07, 6.45) is 3.12. The van der Waals surface area contributed by atoms with Crippen LogP contribution in [0.1, 0.15) is 19.9 Å². The van der Waals surface area contributed by atoms with Crippen LogP contribution >= 0.6 is 22.7 Å². The predicted molar refractivity (Wildman–Crippen MR) is 88.8 cm³/mol. The number of nitrogens with zero attached hydrogens (tertiary/aromatic N) is 3. The van der Waals surface area contributed by atoms with Crippen LogP contribution in [0.25, 0.3) is 10.6 Å². The van der Waals surface area contributed by atoms with Crippen molar-refractivity contribution in [1.29, 1.82) is 0 Å². The molecule has 9 heteroatoms. The molecule has 0 saturated carbocycles. The minimum Gasteiger partial charge on any atom is -0.268 e. The Labute approximate surface area is 136 Å². The van der Waals surface area contributed by atoms with Gasteiger partial charge in [-0.1, -0.05) is 6.07 Å². The highest BCUT2D eigenvalue weighted by Gasteiger charge is 2.25. The van der Waals surface area contributed by atoms with Crippen LogP contribution in [0.3, 0.4) is 0 Å². The molecule has 0 radical (unpaired) electrons. The van der Waals surface area contributed by atoms with E-state index in [0.29, 0.717) is 10.8 Å². The second-order valence-electron chi connectivity index (χ2n) is 4.84. The first-order valence-electron chi connectivity index (χ1n) is 6.53. The average Bonchev–Trinajstić information content (AvgIpc) is 3.19. The molecular weight excluding hydrogens is 340 g/mol. The van der Waals surface area contributed by atoms with Gasteiger partial charge in [0.05, 0.1) is 4.88 Å². The van der Waals surface area contributed by atoms with Gasteiger partial charge in [0.1, 0.15) is 10.6 Å². The minimum atomic E-state index is -3.73. The summed E-state index contributed by atoms with van der Waals surface area (Å²) < 4.78 is 29.5. The van der Waals surface area contributed by atoms with Crippen LogP contribution in [0.4, 0.5) is 5.13 Å². The lowest BCUT2D eigenvalue weighted by molar-refractivity contribution is 0.532. The largest absolute Gasteiger partial charge is 0.268 e. The maximum atomic E-state index is 12.7. The number of rotatable bonds is 5. The average molecular weight is 354 g/mol. The smallest absolute Gasteiger partial charge is 0.267 e. The van der Waals surface area contributed by atoms with E-state index in [0.717, 1.165) is 4.88 Å². The summed E-state index contributed by atoms with van der Waals surface area (Å²) >= 11 is 2.69. The van der Waals surface area contributed by atoms with Crippen molar-refractivity contribution in [3.05, 3.63) is 35.3 Å². The third-order valence-electron chi connectivity index (χ3n) is 2.93. The SMILES string of the molecule is CC(C)n1cc(S(=O)(=O)Nc2nccs2)c(-c2cccs2)n1. The zero-order valence-corrected chi connectivity index (χ0v) is 14.4. The number of thiazole rings is 1. The molecule has 0 amide bonds. The lowest BCUT2D eigenvalue weighted by atomic mass is 10.3. The Balaban J connectivity index is 2.09. The summed E-state index contributed by atoms with van der Waals surface area (Å²) in [5.41, 5.74) is 0.466. The molecule has 0 atom stereocenters. The van der Waals surface area contributed by atoms with Crippen LogP contribution < -0.4 is 4.72 Å². The molecule has 22 heavy (non-hydrogen) atoms. The topological polar surface area (TPSA) is 76.9 Å². The van der Waals surface area contributed by atoms with E-state index in [2.05, 4.69) is 14.8 Å². The van der Waals surface area contributed by atoms with Crippen molar-refractivity contribution in [1.82, 2.24) is 14.8 Å². The van der Waals surface area contributed by atoms with Crippen LogP contribution in [-0.4, -0.2) is 23.2 Å². The molecule has 3 aromatic rings. The molecule has 0 aliphatic heterocycles. The number of hydrogen-bond donors (Lipinski definition) is 1. The fourth-order valence-electron chi connectivity index (χ4n) is 1.86. The third kappa shape index (κ3) is 2.92.